The second-order valence-electron chi connectivity index (χ2n) is 5.22. The van der Waals surface area contributed by atoms with Gasteiger partial charge in [0.2, 0.25) is 5.91 Å². The van der Waals surface area contributed by atoms with Crippen LogP contribution in [-0.4, -0.2) is 34.7 Å². The van der Waals surface area contributed by atoms with Crippen molar-refractivity contribution in [3.63, 3.8) is 0 Å². The normalized spacial score (nSPS) is 12.2. The van der Waals surface area contributed by atoms with Gasteiger partial charge in [-0.1, -0.05) is 36.7 Å². The zero-order chi connectivity index (χ0) is 15.6. The summed E-state index contributed by atoms with van der Waals surface area (Å²) in [6.45, 7) is 3.92. The van der Waals surface area contributed by atoms with E-state index in [2.05, 4.69) is 12.0 Å². The minimum atomic E-state index is -0.332. The van der Waals surface area contributed by atoms with E-state index < -0.39 is 0 Å². The summed E-state index contributed by atoms with van der Waals surface area (Å²) < 4.78 is 1.72. The highest BCUT2D eigenvalue weighted by atomic mass is 35.5. The molecule has 1 aromatic carbocycles. The Hall–Kier alpha value is -1.81. The average molecular weight is 306 g/mol. The van der Waals surface area contributed by atoms with Crippen molar-refractivity contribution in [3.8, 4) is 11.3 Å². The second kappa shape index (κ2) is 6.31. The fraction of sp³-hybridized carbons (Fsp3) is 0.375. The van der Waals surface area contributed by atoms with E-state index in [9.17, 15) is 4.79 Å². The van der Waals surface area contributed by atoms with Gasteiger partial charge in [0, 0.05) is 25.9 Å². The maximum Gasteiger partial charge on any atom is 0.246 e. The van der Waals surface area contributed by atoms with Crippen LogP contribution in [0.4, 0.5) is 0 Å². The Morgan fingerprint density at radius 2 is 2.05 bits per heavy atom. The van der Waals surface area contributed by atoms with Crippen molar-refractivity contribution in [1.82, 2.24) is 14.7 Å². The van der Waals surface area contributed by atoms with Crippen molar-refractivity contribution < 1.29 is 4.79 Å². The first-order valence-corrected chi connectivity index (χ1v) is 7.37. The molecule has 0 fully saturated rings. The Labute approximate surface area is 130 Å². The van der Waals surface area contributed by atoms with Gasteiger partial charge in [-0.15, -0.1) is 0 Å². The van der Waals surface area contributed by atoms with Gasteiger partial charge in [0.05, 0.1) is 10.7 Å². The second-order valence-corrected chi connectivity index (χ2v) is 5.63. The van der Waals surface area contributed by atoms with Crippen molar-refractivity contribution in [2.75, 3.05) is 14.1 Å². The third-order valence-electron chi connectivity index (χ3n) is 3.51. The minimum Gasteiger partial charge on any atom is -0.347 e. The van der Waals surface area contributed by atoms with Gasteiger partial charge in [0.25, 0.3) is 0 Å². The number of carbonyl (C=O) groups excluding carboxylic acids is 1. The number of amides is 1. The largest absolute Gasteiger partial charge is 0.347 e. The molecule has 1 heterocycles. The lowest BCUT2D eigenvalue weighted by molar-refractivity contribution is -0.131. The zero-order valence-electron chi connectivity index (χ0n) is 12.8. The molecule has 0 aliphatic carbocycles. The van der Waals surface area contributed by atoms with Crippen LogP contribution >= 0.6 is 11.6 Å². The Morgan fingerprint density at radius 3 is 2.62 bits per heavy atom. The lowest BCUT2D eigenvalue weighted by Gasteiger charge is -2.16. The first-order valence-electron chi connectivity index (χ1n) is 6.99. The Morgan fingerprint density at radius 1 is 1.38 bits per heavy atom. The maximum absolute atomic E-state index is 12.1. The lowest BCUT2D eigenvalue weighted by atomic mass is 10.1. The average Bonchev–Trinajstić information content (AvgIpc) is 2.90. The van der Waals surface area contributed by atoms with E-state index in [0.29, 0.717) is 5.02 Å². The van der Waals surface area contributed by atoms with Crippen molar-refractivity contribution in [3.05, 3.63) is 41.0 Å². The van der Waals surface area contributed by atoms with Crippen molar-refractivity contribution in [2.24, 2.45) is 0 Å². The summed E-state index contributed by atoms with van der Waals surface area (Å²) in [5.74, 6) is 0.0193. The molecule has 2 rings (SSSR count). The van der Waals surface area contributed by atoms with Crippen LogP contribution in [0.5, 0.6) is 0 Å². The van der Waals surface area contributed by atoms with E-state index in [1.165, 1.54) is 0 Å². The number of benzene rings is 1. The number of carbonyl (C=O) groups is 1. The number of nitrogens with zero attached hydrogens (tertiary/aromatic N) is 3. The molecule has 5 heteroatoms. The number of aryl methyl sites for hydroxylation is 1. The Balaban J connectivity index is 2.46. The Kier molecular flexibility index (Phi) is 4.68. The predicted octanol–water partition coefficient (Wildman–Crippen LogP) is 3.42. The van der Waals surface area contributed by atoms with Crippen molar-refractivity contribution in [1.29, 1.82) is 0 Å². The molecule has 112 valence electrons. The smallest absolute Gasteiger partial charge is 0.246 e. The van der Waals surface area contributed by atoms with Gasteiger partial charge in [-0.2, -0.15) is 5.10 Å². The molecular formula is C16H20ClN3O. The summed E-state index contributed by atoms with van der Waals surface area (Å²) in [5.41, 5.74) is 2.84. The van der Waals surface area contributed by atoms with Gasteiger partial charge in [-0.3, -0.25) is 9.48 Å². The minimum absolute atomic E-state index is 0.0193. The quantitative estimate of drug-likeness (QED) is 0.868. The summed E-state index contributed by atoms with van der Waals surface area (Å²) >= 11 is 6.27. The standard InChI is InChI=1S/C16H20ClN3O/c1-5-12-10-20(11(2)16(21)19(3)4)18-15(12)13-8-6-7-9-14(13)17/h6-11H,5H2,1-4H3. The molecule has 1 unspecified atom stereocenters. The molecular weight excluding hydrogens is 286 g/mol. The van der Waals surface area contributed by atoms with Crippen molar-refractivity contribution >= 4 is 17.5 Å². The summed E-state index contributed by atoms with van der Waals surface area (Å²) in [7, 11) is 3.50. The molecule has 0 spiro atoms. The number of rotatable bonds is 4. The molecule has 1 amide bonds. The molecule has 0 saturated carbocycles. The molecule has 21 heavy (non-hydrogen) atoms. The number of hydrogen-bond acceptors (Lipinski definition) is 2. The highest BCUT2D eigenvalue weighted by Gasteiger charge is 2.20. The highest BCUT2D eigenvalue weighted by molar-refractivity contribution is 6.33. The summed E-state index contributed by atoms with van der Waals surface area (Å²) in [5, 5.41) is 5.27. The molecule has 1 atom stereocenters. The highest BCUT2D eigenvalue weighted by Crippen LogP contribution is 2.30. The van der Waals surface area contributed by atoms with E-state index >= 15 is 0 Å². The first-order chi connectivity index (χ1) is 9.95. The van der Waals surface area contributed by atoms with Gasteiger partial charge in [0.1, 0.15) is 6.04 Å². The van der Waals surface area contributed by atoms with Gasteiger partial charge < -0.3 is 4.90 Å². The van der Waals surface area contributed by atoms with Crippen LogP contribution in [0.25, 0.3) is 11.3 Å². The maximum atomic E-state index is 12.1. The van der Waals surface area contributed by atoms with Gasteiger partial charge in [0.15, 0.2) is 0 Å². The molecule has 0 aliphatic rings. The van der Waals surface area contributed by atoms with Crippen LogP contribution in [0, 0.1) is 0 Å². The first kappa shape index (κ1) is 15.6. The summed E-state index contributed by atoms with van der Waals surface area (Å²) in [6.07, 6.45) is 2.77. The third-order valence-corrected chi connectivity index (χ3v) is 3.84. The number of hydrogen-bond donors (Lipinski definition) is 0. The number of likely N-dealkylation sites (N-methyl/N-ethyl adjacent to an activating group) is 1. The van der Waals surface area contributed by atoms with Crippen molar-refractivity contribution in [2.45, 2.75) is 26.3 Å². The molecule has 0 radical (unpaired) electrons. The van der Waals surface area contributed by atoms with Crippen LogP contribution < -0.4 is 0 Å². The molecule has 0 aliphatic heterocycles. The van der Waals surface area contributed by atoms with Crippen LogP contribution in [0.3, 0.4) is 0 Å². The van der Waals surface area contributed by atoms with Crippen LogP contribution in [0.15, 0.2) is 30.5 Å². The monoisotopic (exact) mass is 305 g/mol. The SMILES string of the molecule is CCc1cn(C(C)C(=O)N(C)C)nc1-c1ccccc1Cl. The molecule has 4 nitrogen and oxygen atoms in total. The van der Waals surface area contributed by atoms with E-state index in [0.717, 1.165) is 23.2 Å². The summed E-state index contributed by atoms with van der Waals surface area (Å²) in [4.78, 5) is 13.7. The Bertz CT molecular complexity index is 649. The molecule has 2 aromatic rings. The topological polar surface area (TPSA) is 38.1 Å². The molecule has 0 bridgehead atoms. The molecule has 0 saturated heterocycles. The van der Waals surface area contributed by atoms with E-state index in [-0.39, 0.29) is 11.9 Å². The predicted molar refractivity (Wildman–Crippen MR) is 85.5 cm³/mol. The summed E-state index contributed by atoms with van der Waals surface area (Å²) in [6, 6.07) is 7.30. The van der Waals surface area contributed by atoms with Crippen LogP contribution in [0.1, 0.15) is 25.5 Å². The zero-order valence-corrected chi connectivity index (χ0v) is 13.6. The number of halogens is 1. The molecule has 0 N–H and O–H groups in total. The number of aromatic nitrogens is 2. The fourth-order valence-corrected chi connectivity index (χ4v) is 2.48. The fourth-order valence-electron chi connectivity index (χ4n) is 2.25. The lowest BCUT2D eigenvalue weighted by Crippen LogP contribution is -2.30. The molecule has 1 aromatic heterocycles. The van der Waals surface area contributed by atoms with Crippen LogP contribution in [0.2, 0.25) is 5.02 Å². The van der Waals surface area contributed by atoms with Crippen LogP contribution in [-0.2, 0) is 11.2 Å². The van der Waals surface area contributed by atoms with E-state index in [1.807, 2.05) is 37.4 Å². The van der Waals surface area contributed by atoms with Gasteiger partial charge >= 0.3 is 0 Å². The van der Waals surface area contributed by atoms with E-state index in [1.54, 1.807) is 23.7 Å². The van der Waals surface area contributed by atoms with Gasteiger partial charge in [-0.25, -0.2) is 0 Å². The third kappa shape index (κ3) is 3.10. The van der Waals surface area contributed by atoms with Gasteiger partial charge in [-0.05, 0) is 25.0 Å². The van der Waals surface area contributed by atoms with E-state index in [4.69, 9.17) is 11.6 Å².